The molecule has 0 spiro atoms. The number of benzene rings is 1. The molecule has 2 aromatic heterocycles. The fourth-order valence-electron chi connectivity index (χ4n) is 2.81. The van der Waals surface area contributed by atoms with Crippen molar-refractivity contribution in [1.82, 2.24) is 14.5 Å². The van der Waals surface area contributed by atoms with Gasteiger partial charge in [0, 0.05) is 11.8 Å². The normalized spacial score (nSPS) is 10.9. The Morgan fingerprint density at radius 3 is 2.78 bits per heavy atom. The van der Waals surface area contributed by atoms with Gasteiger partial charge in [-0.3, -0.25) is 0 Å². The summed E-state index contributed by atoms with van der Waals surface area (Å²) in [5.41, 5.74) is 14.3. The number of hydrogen-bond donors (Lipinski definition) is 2. The number of aryl methyl sites for hydroxylation is 1. The first kappa shape index (κ1) is 15.3. The van der Waals surface area contributed by atoms with Crippen LogP contribution in [0.5, 0.6) is 0 Å². The summed E-state index contributed by atoms with van der Waals surface area (Å²) < 4.78 is 2.16. The van der Waals surface area contributed by atoms with E-state index in [2.05, 4.69) is 34.4 Å². The van der Waals surface area contributed by atoms with Crippen LogP contribution in [0.15, 0.2) is 24.3 Å². The summed E-state index contributed by atoms with van der Waals surface area (Å²) in [6, 6.07) is 8.00. The van der Waals surface area contributed by atoms with Gasteiger partial charge in [-0.2, -0.15) is 0 Å². The minimum atomic E-state index is 0.362. The molecular weight excluding hydrogens is 286 g/mol. The maximum absolute atomic E-state index is 6.15. The van der Waals surface area contributed by atoms with Gasteiger partial charge in [0.2, 0.25) is 0 Å². The van der Waals surface area contributed by atoms with E-state index in [1.165, 1.54) is 0 Å². The van der Waals surface area contributed by atoms with Crippen LogP contribution in [0, 0.1) is 11.8 Å². The molecule has 0 amide bonds. The first-order valence-corrected chi connectivity index (χ1v) is 7.95. The van der Waals surface area contributed by atoms with Crippen LogP contribution in [-0.4, -0.2) is 21.1 Å². The maximum atomic E-state index is 6.15. The van der Waals surface area contributed by atoms with Crippen molar-refractivity contribution in [2.24, 2.45) is 5.73 Å². The molecular formula is C18H21N5. The van der Waals surface area contributed by atoms with Crippen LogP contribution < -0.4 is 11.5 Å². The van der Waals surface area contributed by atoms with Gasteiger partial charge < -0.3 is 16.0 Å². The van der Waals surface area contributed by atoms with Crippen molar-refractivity contribution in [3.8, 4) is 11.8 Å². The molecule has 0 radical (unpaired) electrons. The number of rotatable bonds is 4. The Bertz CT molecular complexity index is 898. The Morgan fingerprint density at radius 1 is 1.17 bits per heavy atom. The largest absolute Gasteiger partial charge is 0.382 e. The van der Waals surface area contributed by atoms with Crippen molar-refractivity contribution < 1.29 is 0 Å². The third kappa shape index (κ3) is 2.86. The molecule has 3 rings (SSSR count). The Balaban J connectivity index is 2.28. The summed E-state index contributed by atoms with van der Waals surface area (Å²) in [6.07, 6.45) is 3.11. The highest BCUT2D eigenvalue weighted by atomic mass is 15.1. The van der Waals surface area contributed by atoms with Gasteiger partial charge in [-0.15, -0.1) is 0 Å². The Kier molecular flexibility index (Phi) is 4.45. The molecule has 0 saturated carbocycles. The monoisotopic (exact) mass is 307 g/mol. The zero-order valence-corrected chi connectivity index (χ0v) is 13.3. The average molecular weight is 307 g/mol. The van der Waals surface area contributed by atoms with Gasteiger partial charge in [0.05, 0.1) is 24.1 Å². The van der Waals surface area contributed by atoms with Crippen LogP contribution in [0.2, 0.25) is 0 Å². The number of nitrogens with two attached hydrogens (primary N) is 2. The topological polar surface area (TPSA) is 82.8 Å². The van der Waals surface area contributed by atoms with E-state index < -0.39 is 0 Å². The van der Waals surface area contributed by atoms with Gasteiger partial charge >= 0.3 is 0 Å². The van der Waals surface area contributed by atoms with Crippen molar-refractivity contribution >= 4 is 27.8 Å². The van der Waals surface area contributed by atoms with Crippen molar-refractivity contribution in [1.29, 1.82) is 0 Å². The van der Waals surface area contributed by atoms with Crippen molar-refractivity contribution in [2.75, 3.05) is 12.3 Å². The predicted molar refractivity (Wildman–Crippen MR) is 94.9 cm³/mol. The fraction of sp³-hybridized carbons (Fsp3) is 0.333. The van der Waals surface area contributed by atoms with E-state index in [9.17, 15) is 0 Å². The number of nitrogen functional groups attached to an aromatic ring is 1. The quantitative estimate of drug-likeness (QED) is 0.725. The lowest BCUT2D eigenvalue weighted by Gasteiger charge is -2.07. The van der Waals surface area contributed by atoms with Crippen LogP contribution in [0.3, 0.4) is 0 Å². The van der Waals surface area contributed by atoms with Gasteiger partial charge in [-0.05, 0) is 12.5 Å². The van der Waals surface area contributed by atoms with Crippen LogP contribution in [0.25, 0.3) is 21.9 Å². The molecule has 0 saturated heterocycles. The zero-order chi connectivity index (χ0) is 16.2. The highest BCUT2D eigenvalue weighted by molar-refractivity contribution is 6.06. The van der Waals surface area contributed by atoms with Gasteiger partial charge in [0.1, 0.15) is 11.3 Å². The number of imidazole rings is 1. The van der Waals surface area contributed by atoms with E-state index in [-0.39, 0.29) is 0 Å². The van der Waals surface area contributed by atoms with Crippen molar-refractivity contribution in [3.05, 3.63) is 30.1 Å². The first-order valence-electron chi connectivity index (χ1n) is 7.95. The van der Waals surface area contributed by atoms with E-state index >= 15 is 0 Å². The number of para-hydroxylation sites is 1. The summed E-state index contributed by atoms with van der Waals surface area (Å²) in [5, 5.41) is 1.06. The minimum Gasteiger partial charge on any atom is -0.382 e. The average Bonchev–Trinajstić information content (AvgIpc) is 2.93. The van der Waals surface area contributed by atoms with E-state index in [0.29, 0.717) is 18.9 Å². The second-order valence-corrected chi connectivity index (χ2v) is 5.49. The van der Waals surface area contributed by atoms with E-state index in [0.717, 1.165) is 47.0 Å². The van der Waals surface area contributed by atoms with Crippen LogP contribution >= 0.6 is 0 Å². The molecule has 0 bridgehead atoms. The molecule has 23 heavy (non-hydrogen) atoms. The summed E-state index contributed by atoms with van der Waals surface area (Å²) in [5.74, 6) is 7.53. The summed E-state index contributed by atoms with van der Waals surface area (Å²) in [4.78, 5) is 9.24. The fourth-order valence-corrected chi connectivity index (χ4v) is 2.81. The van der Waals surface area contributed by atoms with Gasteiger partial charge in [-0.25, -0.2) is 9.97 Å². The summed E-state index contributed by atoms with van der Waals surface area (Å²) in [7, 11) is 0. The van der Waals surface area contributed by atoms with Gasteiger partial charge in [0.25, 0.3) is 0 Å². The highest BCUT2D eigenvalue weighted by Gasteiger charge is 2.16. The molecule has 4 N–H and O–H groups in total. The molecule has 0 atom stereocenters. The lowest BCUT2D eigenvalue weighted by molar-refractivity contribution is 0.703. The molecule has 118 valence electrons. The van der Waals surface area contributed by atoms with E-state index in [1.807, 2.05) is 18.2 Å². The third-order valence-electron chi connectivity index (χ3n) is 3.91. The first-order chi connectivity index (χ1) is 11.3. The van der Waals surface area contributed by atoms with E-state index in [1.54, 1.807) is 0 Å². The molecule has 0 aliphatic rings. The van der Waals surface area contributed by atoms with Crippen LogP contribution in [-0.2, 0) is 13.0 Å². The number of anilines is 1. The number of unbranched alkanes of at least 4 members (excludes halogenated alkanes) is 1. The van der Waals surface area contributed by atoms with Gasteiger partial charge in [-0.1, -0.05) is 43.4 Å². The lowest BCUT2D eigenvalue weighted by Crippen LogP contribution is -2.04. The molecule has 3 aromatic rings. The smallest absolute Gasteiger partial charge is 0.152 e. The second kappa shape index (κ2) is 6.67. The molecule has 0 unspecified atom stereocenters. The maximum Gasteiger partial charge on any atom is 0.152 e. The standard InChI is InChI=1S/C18H21N5/c1-2-3-10-15-22-16-17(23(15)12-7-6-11-19)13-8-4-5-9-14(13)21-18(16)20/h4-5,8-9H,2-3,10-12,19H2,1H3,(H2,20,21). The molecule has 2 heterocycles. The number of aromatic nitrogens is 3. The van der Waals surface area contributed by atoms with Gasteiger partial charge in [0.15, 0.2) is 5.82 Å². The highest BCUT2D eigenvalue weighted by Crippen LogP contribution is 2.29. The molecule has 5 nitrogen and oxygen atoms in total. The number of hydrogen-bond acceptors (Lipinski definition) is 4. The Morgan fingerprint density at radius 2 is 2.00 bits per heavy atom. The van der Waals surface area contributed by atoms with Crippen molar-refractivity contribution in [2.45, 2.75) is 32.7 Å². The zero-order valence-electron chi connectivity index (χ0n) is 13.3. The number of pyridine rings is 1. The van der Waals surface area contributed by atoms with Crippen LogP contribution in [0.4, 0.5) is 5.82 Å². The molecule has 0 aliphatic heterocycles. The SMILES string of the molecule is CCCCc1nc2c(N)nc3ccccc3c2n1CC#CCN. The van der Waals surface area contributed by atoms with E-state index in [4.69, 9.17) is 16.5 Å². The minimum absolute atomic E-state index is 0.362. The Labute approximate surface area is 135 Å². The summed E-state index contributed by atoms with van der Waals surface area (Å²) >= 11 is 0. The number of nitrogens with zero attached hydrogens (tertiary/aromatic N) is 3. The molecule has 1 aromatic carbocycles. The number of fused-ring (bicyclic) bond motifs is 3. The molecule has 5 heteroatoms. The van der Waals surface area contributed by atoms with Crippen LogP contribution in [0.1, 0.15) is 25.6 Å². The lowest BCUT2D eigenvalue weighted by atomic mass is 10.2. The third-order valence-corrected chi connectivity index (χ3v) is 3.91. The van der Waals surface area contributed by atoms with Crippen molar-refractivity contribution in [3.63, 3.8) is 0 Å². The second-order valence-electron chi connectivity index (χ2n) is 5.49. The Hall–Kier alpha value is -2.58. The predicted octanol–water partition coefficient (Wildman–Crippen LogP) is 2.47. The molecule has 0 fully saturated rings. The summed E-state index contributed by atoms with van der Waals surface area (Å²) in [6.45, 7) is 3.11. The molecule has 0 aliphatic carbocycles.